The fourth-order valence-electron chi connectivity index (χ4n) is 3.77. The van der Waals surface area contributed by atoms with Crippen molar-refractivity contribution in [1.29, 1.82) is 0 Å². The van der Waals surface area contributed by atoms with Gasteiger partial charge in [0.1, 0.15) is 11.3 Å². The van der Waals surface area contributed by atoms with Crippen LogP contribution in [-0.4, -0.2) is 65.9 Å². The van der Waals surface area contributed by atoms with E-state index in [-0.39, 0.29) is 23.5 Å². The minimum Gasteiger partial charge on any atom is -0.459 e. The molecule has 2 aliphatic heterocycles. The van der Waals surface area contributed by atoms with E-state index in [0.29, 0.717) is 50.5 Å². The normalized spacial score (nSPS) is 17.6. The second-order valence-electron chi connectivity index (χ2n) is 7.28. The van der Waals surface area contributed by atoms with Gasteiger partial charge in [-0.15, -0.1) is 0 Å². The highest BCUT2D eigenvalue weighted by Gasteiger charge is 2.38. The van der Waals surface area contributed by atoms with Crippen molar-refractivity contribution in [2.24, 2.45) is 5.92 Å². The van der Waals surface area contributed by atoms with Gasteiger partial charge in [-0.1, -0.05) is 17.4 Å². The highest BCUT2D eigenvalue weighted by Crippen LogP contribution is 2.34. The Hall–Kier alpha value is -2.94. The molecule has 2 saturated heterocycles. The third-order valence-electron chi connectivity index (χ3n) is 5.47. The number of nitrogens with zero attached hydrogens (tertiary/aromatic N) is 4. The highest BCUT2D eigenvalue weighted by atomic mass is 32.1. The Morgan fingerprint density at radius 3 is 2.52 bits per heavy atom. The van der Waals surface area contributed by atoms with E-state index in [9.17, 15) is 14.0 Å². The van der Waals surface area contributed by atoms with Crippen LogP contribution in [0.4, 0.5) is 9.52 Å². The number of rotatable bonds is 3. The summed E-state index contributed by atoms with van der Waals surface area (Å²) in [6.45, 7) is 3.22. The number of hydrogen-bond donors (Lipinski definition) is 0. The summed E-state index contributed by atoms with van der Waals surface area (Å²) in [5, 5.41) is 0.753. The van der Waals surface area contributed by atoms with Crippen molar-refractivity contribution >= 4 is 38.5 Å². The van der Waals surface area contributed by atoms with Crippen LogP contribution >= 0.6 is 11.3 Å². The van der Waals surface area contributed by atoms with Crippen LogP contribution in [0, 0.1) is 11.7 Å². The first-order chi connectivity index (χ1) is 14.1. The molecule has 29 heavy (non-hydrogen) atoms. The molecule has 2 aliphatic rings. The predicted octanol–water partition coefficient (Wildman–Crippen LogP) is 2.45. The fourth-order valence-corrected chi connectivity index (χ4v) is 4.77. The van der Waals surface area contributed by atoms with Crippen molar-refractivity contribution in [2.75, 3.05) is 44.2 Å². The number of amides is 2. The summed E-state index contributed by atoms with van der Waals surface area (Å²) in [4.78, 5) is 35.1. The molecule has 0 aliphatic carbocycles. The van der Waals surface area contributed by atoms with E-state index in [4.69, 9.17) is 4.42 Å². The van der Waals surface area contributed by atoms with Gasteiger partial charge in [-0.3, -0.25) is 9.59 Å². The average molecular weight is 414 g/mol. The van der Waals surface area contributed by atoms with Crippen LogP contribution in [-0.2, 0) is 4.79 Å². The van der Waals surface area contributed by atoms with Gasteiger partial charge < -0.3 is 19.1 Å². The molecule has 4 heterocycles. The summed E-state index contributed by atoms with van der Waals surface area (Å²) in [6.07, 6.45) is 1.48. The molecule has 5 rings (SSSR count). The maximum absolute atomic E-state index is 13.8. The van der Waals surface area contributed by atoms with Crippen LogP contribution in [0.2, 0.25) is 0 Å². The summed E-state index contributed by atoms with van der Waals surface area (Å²) >= 11 is 1.44. The Morgan fingerprint density at radius 1 is 1.07 bits per heavy atom. The largest absolute Gasteiger partial charge is 0.459 e. The lowest BCUT2D eigenvalue weighted by Gasteiger charge is -2.42. The first-order valence-corrected chi connectivity index (χ1v) is 10.3. The zero-order valence-corrected chi connectivity index (χ0v) is 16.4. The Labute approximate surface area is 170 Å². The molecule has 9 heteroatoms. The number of carbonyl (C=O) groups is 2. The monoisotopic (exact) mass is 414 g/mol. The van der Waals surface area contributed by atoms with Gasteiger partial charge >= 0.3 is 0 Å². The molecule has 0 unspecified atom stereocenters. The van der Waals surface area contributed by atoms with Gasteiger partial charge in [0.2, 0.25) is 5.91 Å². The molecular weight excluding hydrogens is 395 g/mol. The van der Waals surface area contributed by atoms with Crippen molar-refractivity contribution in [3.8, 4) is 0 Å². The van der Waals surface area contributed by atoms with Crippen LogP contribution < -0.4 is 4.90 Å². The van der Waals surface area contributed by atoms with Crippen molar-refractivity contribution < 1.29 is 18.4 Å². The van der Waals surface area contributed by atoms with E-state index in [1.807, 2.05) is 15.9 Å². The first-order valence-electron chi connectivity index (χ1n) is 9.52. The molecule has 0 N–H and O–H groups in total. The molecule has 2 aromatic heterocycles. The Morgan fingerprint density at radius 2 is 1.83 bits per heavy atom. The zero-order valence-electron chi connectivity index (χ0n) is 15.6. The standard InChI is InChI=1S/C20H19FN4O3S/c21-14-3-1-5-16-17(14)22-20(29-16)25-11-13(12-25)18(26)23-6-8-24(9-7-23)19(27)15-4-2-10-28-15/h1-5,10,13H,6-9,11-12H2. The van der Waals surface area contributed by atoms with Crippen molar-refractivity contribution in [3.05, 3.63) is 48.2 Å². The zero-order chi connectivity index (χ0) is 20.0. The van der Waals surface area contributed by atoms with Crippen molar-refractivity contribution in [1.82, 2.24) is 14.8 Å². The van der Waals surface area contributed by atoms with E-state index in [1.165, 1.54) is 23.7 Å². The molecule has 1 aromatic carbocycles. The number of benzene rings is 1. The SMILES string of the molecule is O=C(c1ccco1)N1CCN(C(=O)C2CN(c3nc4c(F)cccc4s3)C2)CC1. The molecule has 0 saturated carbocycles. The summed E-state index contributed by atoms with van der Waals surface area (Å²) in [6, 6.07) is 8.28. The lowest BCUT2D eigenvalue weighted by molar-refractivity contribution is -0.137. The van der Waals surface area contributed by atoms with E-state index in [2.05, 4.69) is 4.98 Å². The number of halogens is 1. The third-order valence-corrected chi connectivity index (χ3v) is 6.55. The Balaban J connectivity index is 1.16. The van der Waals surface area contributed by atoms with Gasteiger partial charge in [-0.2, -0.15) is 0 Å². The Bertz CT molecular complexity index is 1050. The molecule has 3 aromatic rings. The molecule has 0 atom stereocenters. The number of aromatic nitrogens is 1. The number of thiazole rings is 1. The Kier molecular flexibility index (Phi) is 4.46. The molecule has 7 nitrogen and oxygen atoms in total. The maximum atomic E-state index is 13.8. The van der Waals surface area contributed by atoms with Crippen molar-refractivity contribution in [2.45, 2.75) is 0 Å². The van der Waals surface area contributed by atoms with Gasteiger partial charge in [0.15, 0.2) is 10.9 Å². The number of carbonyl (C=O) groups excluding carboxylic acids is 2. The number of hydrogen-bond acceptors (Lipinski definition) is 6. The van der Waals surface area contributed by atoms with E-state index >= 15 is 0 Å². The molecule has 0 bridgehead atoms. The van der Waals surface area contributed by atoms with Crippen LogP contribution in [0.5, 0.6) is 0 Å². The third kappa shape index (κ3) is 3.25. The average Bonchev–Trinajstić information content (AvgIpc) is 3.37. The van der Waals surface area contributed by atoms with Crippen LogP contribution in [0.25, 0.3) is 10.2 Å². The summed E-state index contributed by atoms with van der Waals surface area (Å²) in [7, 11) is 0. The molecule has 0 radical (unpaired) electrons. The summed E-state index contributed by atoms with van der Waals surface area (Å²) < 4.78 is 19.8. The fraction of sp³-hybridized carbons (Fsp3) is 0.350. The molecule has 0 spiro atoms. The van der Waals surface area contributed by atoms with Crippen LogP contribution in [0.1, 0.15) is 10.6 Å². The van der Waals surface area contributed by atoms with Gasteiger partial charge in [0.25, 0.3) is 5.91 Å². The summed E-state index contributed by atoms with van der Waals surface area (Å²) in [5.74, 6) is -0.107. The van der Waals surface area contributed by atoms with E-state index in [0.717, 1.165) is 9.83 Å². The minimum atomic E-state index is -0.319. The lowest BCUT2D eigenvalue weighted by atomic mass is 9.99. The predicted molar refractivity (Wildman–Crippen MR) is 106 cm³/mol. The van der Waals surface area contributed by atoms with E-state index in [1.54, 1.807) is 23.1 Å². The quantitative estimate of drug-likeness (QED) is 0.659. The minimum absolute atomic E-state index is 0.0841. The second-order valence-corrected chi connectivity index (χ2v) is 8.29. The van der Waals surface area contributed by atoms with Gasteiger partial charge in [0, 0.05) is 39.3 Å². The molecular formula is C20H19FN4O3S. The maximum Gasteiger partial charge on any atom is 0.289 e. The topological polar surface area (TPSA) is 69.9 Å². The number of piperazine rings is 1. The van der Waals surface area contributed by atoms with Gasteiger partial charge in [-0.05, 0) is 24.3 Å². The number of fused-ring (bicyclic) bond motifs is 1. The number of para-hydroxylation sites is 1. The molecule has 150 valence electrons. The molecule has 2 fully saturated rings. The first kappa shape index (κ1) is 18.1. The lowest BCUT2D eigenvalue weighted by Crippen LogP contribution is -2.58. The summed E-state index contributed by atoms with van der Waals surface area (Å²) in [5.41, 5.74) is 0.389. The smallest absolute Gasteiger partial charge is 0.289 e. The van der Waals surface area contributed by atoms with Crippen LogP contribution in [0.15, 0.2) is 41.0 Å². The number of anilines is 1. The second kappa shape index (κ2) is 7.14. The van der Waals surface area contributed by atoms with Crippen molar-refractivity contribution in [3.63, 3.8) is 0 Å². The number of furan rings is 1. The highest BCUT2D eigenvalue weighted by molar-refractivity contribution is 7.22. The molecule has 2 amide bonds. The van der Waals surface area contributed by atoms with Gasteiger partial charge in [0.05, 0.1) is 16.9 Å². The van der Waals surface area contributed by atoms with Crippen LogP contribution in [0.3, 0.4) is 0 Å². The van der Waals surface area contributed by atoms with E-state index < -0.39 is 0 Å². The van der Waals surface area contributed by atoms with Gasteiger partial charge in [-0.25, -0.2) is 9.37 Å².